The van der Waals surface area contributed by atoms with E-state index in [9.17, 15) is 14.7 Å². The van der Waals surface area contributed by atoms with E-state index in [0.29, 0.717) is 31.6 Å². The normalized spacial score (nSPS) is 16.6. The number of aromatic nitrogens is 1. The zero-order valence-corrected chi connectivity index (χ0v) is 14.2. The first-order chi connectivity index (χ1) is 12.1. The molecule has 0 unspecified atom stereocenters. The fourth-order valence-electron chi connectivity index (χ4n) is 3.31. The minimum absolute atomic E-state index is 0.0985. The van der Waals surface area contributed by atoms with Crippen LogP contribution in [-0.2, 0) is 9.53 Å². The molecule has 0 spiro atoms. The Hall–Kier alpha value is -2.60. The number of carbonyl (C=O) groups excluding carboxylic acids is 1. The first-order valence-electron chi connectivity index (χ1n) is 8.32. The minimum Gasteiger partial charge on any atom is -0.481 e. The van der Waals surface area contributed by atoms with Crippen molar-refractivity contribution in [2.75, 3.05) is 26.8 Å². The maximum Gasteiger partial charge on any atom is 0.312 e. The zero-order valence-electron chi connectivity index (χ0n) is 14.2. The highest BCUT2D eigenvalue weighted by Gasteiger charge is 2.42. The smallest absolute Gasteiger partial charge is 0.312 e. The molecule has 2 aromatic rings. The number of carbonyl (C=O) groups is 2. The van der Waals surface area contributed by atoms with E-state index in [0.717, 1.165) is 11.3 Å². The molecule has 3 rings (SSSR count). The number of rotatable bonds is 5. The molecule has 0 radical (unpaired) electrons. The molecule has 2 heterocycles. The van der Waals surface area contributed by atoms with Crippen molar-refractivity contribution in [3.05, 3.63) is 48.2 Å². The van der Waals surface area contributed by atoms with Crippen molar-refractivity contribution < 1.29 is 19.4 Å². The number of benzene rings is 1. The Morgan fingerprint density at radius 2 is 1.84 bits per heavy atom. The van der Waals surface area contributed by atoms with Crippen LogP contribution in [0.4, 0.5) is 0 Å². The second kappa shape index (κ2) is 7.11. The van der Waals surface area contributed by atoms with Gasteiger partial charge >= 0.3 is 5.97 Å². The van der Waals surface area contributed by atoms with Crippen molar-refractivity contribution in [2.24, 2.45) is 5.41 Å². The fraction of sp³-hybridized carbons (Fsp3) is 0.368. The molecule has 1 aliphatic heterocycles. The monoisotopic (exact) mass is 342 g/mol. The van der Waals surface area contributed by atoms with E-state index in [2.05, 4.69) is 4.98 Å². The molecule has 1 fully saturated rings. The molecule has 6 heteroatoms. The molecule has 0 atom stereocenters. The molecule has 1 amide bonds. The summed E-state index contributed by atoms with van der Waals surface area (Å²) in [5.41, 5.74) is 1.54. The van der Waals surface area contributed by atoms with E-state index in [-0.39, 0.29) is 12.5 Å². The average molecular weight is 342 g/mol. The lowest BCUT2D eigenvalue weighted by atomic mass is 9.79. The van der Waals surface area contributed by atoms with Crippen LogP contribution in [0.15, 0.2) is 42.5 Å². The molecule has 6 nitrogen and oxygen atoms in total. The Balaban J connectivity index is 1.69. The van der Waals surface area contributed by atoms with Crippen molar-refractivity contribution in [1.29, 1.82) is 0 Å². The number of aliphatic carboxylic acids is 1. The van der Waals surface area contributed by atoms with E-state index in [1.54, 1.807) is 11.0 Å². The number of nitrogens with zero attached hydrogens (tertiary/aromatic N) is 1. The Morgan fingerprint density at radius 1 is 1.16 bits per heavy atom. The molecule has 1 saturated heterocycles. The second-order valence-corrected chi connectivity index (χ2v) is 6.46. The van der Waals surface area contributed by atoms with Crippen LogP contribution in [0.3, 0.4) is 0 Å². The van der Waals surface area contributed by atoms with E-state index < -0.39 is 11.4 Å². The van der Waals surface area contributed by atoms with Gasteiger partial charge in [-0.05, 0) is 30.5 Å². The minimum atomic E-state index is -0.892. The highest BCUT2D eigenvalue weighted by molar-refractivity contribution is 5.93. The number of likely N-dealkylation sites (tertiary alicyclic amines) is 1. The van der Waals surface area contributed by atoms with Crippen LogP contribution in [0.25, 0.3) is 11.3 Å². The number of nitrogens with one attached hydrogen (secondary N) is 1. The third-order valence-electron chi connectivity index (χ3n) is 4.88. The fourth-order valence-corrected chi connectivity index (χ4v) is 3.31. The molecule has 0 bridgehead atoms. The highest BCUT2D eigenvalue weighted by atomic mass is 16.5. The number of H-pyrrole nitrogens is 1. The van der Waals surface area contributed by atoms with Gasteiger partial charge in [0.2, 0.25) is 0 Å². The number of aromatic amines is 1. The van der Waals surface area contributed by atoms with E-state index in [4.69, 9.17) is 4.74 Å². The van der Waals surface area contributed by atoms with Gasteiger partial charge in [0.1, 0.15) is 5.69 Å². The van der Waals surface area contributed by atoms with Crippen LogP contribution in [-0.4, -0.2) is 53.7 Å². The Kier molecular flexibility index (Phi) is 4.90. The number of hydrogen-bond acceptors (Lipinski definition) is 3. The average Bonchev–Trinajstić information content (AvgIpc) is 3.13. The third-order valence-corrected chi connectivity index (χ3v) is 4.88. The molecule has 1 aromatic heterocycles. The van der Waals surface area contributed by atoms with Crippen molar-refractivity contribution >= 4 is 11.9 Å². The lowest BCUT2D eigenvalue weighted by Gasteiger charge is -2.38. The summed E-state index contributed by atoms with van der Waals surface area (Å²) >= 11 is 0. The summed E-state index contributed by atoms with van der Waals surface area (Å²) in [4.78, 5) is 29.2. The van der Waals surface area contributed by atoms with Gasteiger partial charge in [0.25, 0.3) is 5.91 Å². The lowest BCUT2D eigenvalue weighted by molar-refractivity contribution is -0.155. The van der Waals surface area contributed by atoms with Crippen molar-refractivity contribution in [1.82, 2.24) is 9.88 Å². The van der Waals surface area contributed by atoms with E-state index in [1.165, 1.54) is 7.11 Å². The van der Waals surface area contributed by atoms with Gasteiger partial charge in [-0.15, -0.1) is 0 Å². The van der Waals surface area contributed by atoms with Gasteiger partial charge in [-0.25, -0.2) is 0 Å². The quantitative estimate of drug-likeness (QED) is 0.875. The predicted octanol–water partition coefficient (Wildman–Crippen LogP) is 2.64. The van der Waals surface area contributed by atoms with Crippen LogP contribution in [0.5, 0.6) is 0 Å². The topological polar surface area (TPSA) is 82.6 Å². The number of carboxylic acid groups (broad SMARTS) is 1. The molecule has 132 valence electrons. The Bertz CT molecular complexity index is 746. The standard InChI is InChI=1S/C19H22N2O4/c1-25-13-19(18(23)24)9-11-21(12-10-19)17(22)16-8-7-15(20-16)14-5-3-2-4-6-14/h2-8,20H,9-13H2,1H3,(H,23,24). The van der Waals surface area contributed by atoms with Crippen LogP contribution in [0.1, 0.15) is 23.3 Å². The maximum atomic E-state index is 12.7. The Morgan fingerprint density at radius 3 is 2.44 bits per heavy atom. The molecule has 0 saturated carbocycles. The van der Waals surface area contributed by atoms with Gasteiger partial charge in [0, 0.05) is 25.9 Å². The van der Waals surface area contributed by atoms with Crippen LogP contribution < -0.4 is 0 Å². The number of amides is 1. The summed E-state index contributed by atoms with van der Waals surface area (Å²) in [6.45, 7) is 0.993. The molecule has 1 aromatic carbocycles. The molecule has 2 N–H and O–H groups in total. The predicted molar refractivity (Wildman–Crippen MR) is 93.3 cm³/mol. The highest BCUT2D eigenvalue weighted by Crippen LogP contribution is 2.33. The molecular formula is C19H22N2O4. The first-order valence-corrected chi connectivity index (χ1v) is 8.32. The third kappa shape index (κ3) is 3.44. The van der Waals surface area contributed by atoms with Gasteiger partial charge in [0.05, 0.1) is 12.0 Å². The lowest BCUT2D eigenvalue weighted by Crippen LogP contribution is -2.48. The molecule has 1 aliphatic rings. The van der Waals surface area contributed by atoms with Gasteiger partial charge in [-0.1, -0.05) is 30.3 Å². The first kappa shape index (κ1) is 17.2. The summed E-state index contributed by atoms with van der Waals surface area (Å²) in [5, 5.41) is 9.50. The number of ether oxygens (including phenoxy) is 1. The van der Waals surface area contributed by atoms with Gasteiger partial charge in [-0.2, -0.15) is 0 Å². The molecule has 0 aliphatic carbocycles. The van der Waals surface area contributed by atoms with Crippen molar-refractivity contribution in [2.45, 2.75) is 12.8 Å². The van der Waals surface area contributed by atoms with E-state index >= 15 is 0 Å². The zero-order chi connectivity index (χ0) is 17.9. The Labute approximate surface area is 146 Å². The maximum absolute atomic E-state index is 12.7. The summed E-state index contributed by atoms with van der Waals surface area (Å²) in [7, 11) is 1.51. The summed E-state index contributed by atoms with van der Waals surface area (Å²) in [6.07, 6.45) is 0.794. The summed E-state index contributed by atoms with van der Waals surface area (Å²) < 4.78 is 5.09. The second-order valence-electron chi connectivity index (χ2n) is 6.46. The van der Waals surface area contributed by atoms with Crippen molar-refractivity contribution in [3.63, 3.8) is 0 Å². The number of piperidine rings is 1. The van der Waals surface area contributed by atoms with Crippen LogP contribution in [0, 0.1) is 5.41 Å². The van der Waals surface area contributed by atoms with Gasteiger partial charge in [-0.3, -0.25) is 9.59 Å². The molecular weight excluding hydrogens is 320 g/mol. The van der Waals surface area contributed by atoms with Crippen LogP contribution >= 0.6 is 0 Å². The largest absolute Gasteiger partial charge is 0.481 e. The number of carboxylic acids is 1. The van der Waals surface area contributed by atoms with Gasteiger partial charge in [0.15, 0.2) is 0 Å². The van der Waals surface area contributed by atoms with Crippen LogP contribution in [0.2, 0.25) is 0 Å². The van der Waals surface area contributed by atoms with E-state index in [1.807, 2.05) is 36.4 Å². The number of methoxy groups -OCH3 is 1. The number of hydrogen-bond donors (Lipinski definition) is 2. The summed E-state index contributed by atoms with van der Waals surface area (Å²) in [5.74, 6) is -0.953. The SMILES string of the molecule is COCC1(C(=O)O)CCN(C(=O)c2ccc(-c3ccccc3)[nH]2)CC1. The van der Waals surface area contributed by atoms with Gasteiger partial charge < -0.3 is 19.7 Å². The molecule has 25 heavy (non-hydrogen) atoms. The summed E-state index contributed by atoms with van der Waals surface area (Å²) in [6, 6.07) is 13.5. The van der Waals surface area contributed by atoms with Crippen molar-refractivity contribution in [3.8, 4) is 11.3 Å².